The van der Waals surface area contributed by atoms with Crippen molar-refractivity contribution in [1.29, 1.82) is 0 Å². The van der Waals surface area contributed by atoms with Crippen LogP contribution in [0.5, 0.6) is 0 Å². The van der Waals surface area contributed by atoms with Crippen molar-refractivity contribution in [2.24, 2.45) is 23.7 Å². The van der Waals surface area contributed by atoms with Crippen LogP contribution < -0.4 is 0 Å². The zero-order valence-corrected chi connectivity index (χ0v) is 19.4. The lowest BCUT2D eigenvalue weighted by Gasteiger charge is -2.21. The maximum Gasteiger partial charge on any atom is 0.308 e. The number of esters is 2. The molecular formula is C24H46O4. The molecular weight excluding hydrogens is 352 g/mol. The van der Waals surface area contributed by atoms with Gasteiger partial charge in [0, 0.05) is 0 Å². The highest BCUT2D eigenvalue weighted by Gasteiger charge is 2.26. The lowest BCUT2D eigenvalue weighted by Crippen LogP contribution is -2.26. The molecule has 0 rings (SSSR count). The quantitative estimate of drug-likeness (QED) is 0.260. The molecule has 0 aromatic rings. The van der Waals surface area contributed by atoms with Crippen LogP contribution in [0.4, 0.5) is 0 Å². The summed E-state index contributed by atoms with van der Waals surface area (Å²) in [7, 11) is 0. The Balaban J connectivity index is 4.41. The molecule has 4 nitrogen and oxygen atoms in total. The van der Waals surface area contributed by atoms with E-state index in [9.17, 15) is 9.59 Å². The average molecular weight is 399 g/mol. The molecule has 0 saturated carbocycles. The molecule has 0 saturated heterocycles. The van der Waals surface area contributed by atoms with Gasteiger partial charge in [-0.25, -0.2) is 0 Å². The Kier molecular flexibility index (Phi) is 16.2. The highest BCUT2D eigenvalue weighted by atomic mass is 16.5. The second-order valence-electron chi connectivity index (χ2n) is 8.34. The first-order chi connectivity index (χ1) is 13.4. The van der Waals surface area contributed by atoms with Crippen LogP contribution in [-0.4, -0.2) is 25.2 Å². The summed E-state index contributed by atoms with van der Waals surface area (Å²) in [5.74, 6) is 0.0358. The Morgan fingerprint density at radius 3 is 1.57 bits per heavy atom. The van der Waals surface area contributed by atoms with E-state index in [0.29, 0.717) is 37.9 Å². The standard InChI is InChI=1S/C24H46O4/c1-7-12-14-20(9-3)17-27-23(25)19(6)16-22(11-5)24(26)28-18-21(10-4)15-13-8-2/h19-22H,7-18H2,1-6H3. The molecule has 0 radical (unpaired) electrons. The molecule has 4 unspecified atom stereocenters. The molecule has 0 amide bonds. The van der Waals surface area contributed by atoms with E-state index in [1.54, 1.807) is 0 Å². The number of carbonyl (C=O) groups is 2. The largest absolute Gasteiger partial charge is 0.465 e. The molecule has 0 aromatic heterocycles. The number of ether oxygens (including phenoxy) is 2. The molecule has 4 atom stereocenters. The van der Waals surface area contributed by atoms with Gasteiger partial charge in [-0.1, -0.05) is 80.1 Å². The highest BCUT2D eigenvalue weighted by molar-refractivity contribution is 5.75. The van der Waals surface area contributed by atoms with Crippen LogP contribution in [0.15, 0.2) is 0 Å². The average Bonchev–Trinajstić information content (AvgIpc) is 2.71. The number of rotatable bonds is 17. The van der Waals surface area contributed by atoms with Crippen LogP contribution in [0.3, 0.4) is 0 Å². The normalized spacial score (nSPS) is 15.5. The summed E-state index contributed by atoms with van der Waals surface area (Å²) in [6, 6.07) is 0. The number of carbonyl (C=O) groups excluding carboxylic acids is 2. The number of unbranched alkanes of at least 4 members (excludes halogenated alkanes) is 2. The Hall–Kier alpha value is -1.06. The summed E-state index contributed by atoms with van der Waals surface area (Å²) in [6.07, 6.45) is 10.1. The molecule has 4 heteroatoms. The molecule has 0 aromatic carbocycles. The second kappa shape index (κ2) is 16.9. The first-order valence-electron chi connectivity index (χ1n) is 11.8. The van der Waals surface area contributed by atoms with E-state index in [4.69, 9.17) is 9.47 Å². The topological polar surface area (TPSA) is 52.6 Å². The fourth-order valence-corrected chi connectivity index (χ4v) is 3.41. The molecule has 166 valence electrons. The second-order valence-corrected chi connectivity index (χ2v) is 8.34. The van der Waals surface area contributed by atoms with E-state index in [1.807, 2.05) is 13.8 Å². The van der Waals surface area contributed by atoms with Gasteiger partial charge in [-0.2, -0.15) is 0 Å². The minimum Gasteiger partial charge on any atom is -0.465 e. The molecule has 0 spiro atoms. The minimum absolute atomic E-state index is 0.161. The summed E-state index contributed by atoms with van der Waals surface area (Å²) in [6.45, 7) is 13.5. The van der Waals surface area contributed by atoms with Crippen molar-refractivity contribution in [2.45, 2.75) is 106 Å². The van der Waals surface area contributed by atoms with Crippen LogP contribution in [-0.2, 0) is 19.1 Å². The molecule has 28 heavy (non-hydrogen) atoms. The minimum atomic E-state index is -0.275. The van der Waals surface area contributed by atoms with Crippen LogP contribution in [0.2, 0.25) is 0 Å². The van der Waals surface area contributed by atoms with Gasteiger partial charge in [0.1, 0.15) is 0 Å². The van der Waals surface area contributed by atoms with E-state index in [1.165, 1.54) is 25.7 Å². The number of hydrogen-bond acceptors (Lipinski definition) is 4. The lowest BCUT2D eigenvalue weighted by atomic mass is 9.93. The van der Waals surface area contributed by atoms with Crippen molar-refractivity contribution in [2.75, 3.05) is 13.2 Å². The van der Waals surface area contributed by atoms with Gasteiger partial charge in [0.25, 0.3) is 0 Å². The highest BCUT2D eigenvalue weighted by Crippen LogP contribution is 2.21. The van der Waals surface area contributed by atoms with Crippen molar-refractivity contribution in [1.82, 2.24) is 0 Å². The SMILES string of the molecule is CCCCC(CC)COC(=O)C(C)CC(CC)C(=O)OCC(CC)CCCC. The van der Waals surface area contributed by atoms with Crippen molar-refractivity contribution in [3.63, 3.8) is 0 Å². The molecule has 0 bridgehead atoms. The molecule has 0 aliphatic rings. The van der Waals surface area contributed by atoms with Gasteiger partial charge >= 0.3 is 11.9 Å². The molecule has 0 heterocycles. The summed E-state index contributed by atoms with van der Waals surface area (Å²) < 4.78 is 11.1. The zero-order chi connectivity index (χ0) is 21.4. The van der Waals surface area contributed by atoms with Crippen LogP contribution >= 0.6 is 0 Å². The summed E-state index contributed by atoms with van der Waals surface area (Å²) in [5, 5.41) is 0. The Morgan fingerprint density at radius 1 is 0.714 bits per heavy atom. The van der Waals surface area contributed by atoms with Crippen molar-refractivity contribution >= 4 is 11.9 Å². The summed E-state index contributed by atoms with van der Waals surface area (Å²) in [4.78, 5) is 24.9. The fourth-order valence-electron chi connectivity index (χ4n) is 3.41. The third-order valence-electron chi connectivity index (χ3n) is 5.88. The fraction of sp³-hybridized carbons (Fsp3) is 0.917. The monoisotopic (exact) mass is 398 g/mol. The van der Waals surface area contributed by atoms with Gasteiger partial charge in [-0.15, -0.1) is 0 Å². The van der Waals surface area contributed by atoms with Gasteiger partial charge in [0.15, 0.2) is 0 Å². The van der Waals surface area contributed by atoms with Crippen molar-refractivity contribution in [3.8, 4) is 0 Å². The molecule has 0 aliphatic heterocycles. The van der Waals surface area contributed by atoms with E-state index < -0.39 is 0 Å². The lowest BCUT2D eigenvalue weighted by molar-refractivity contribution is -0.154. The van der Waals surface area contributed by atoms with E-state index >= 15 is 0 Å². The van der Waals surface area contributed by atoms with Gasteiger partial charge < -0.3 is 9.47 Å². The molecule has 0 fully saturated rings. The van der Waals surface area contributed by atoms with Gasteiger partial charge in [0.2, 0.25) is 0 Å². The maximum absolute atomic E-state index is 12.5. The third kappa shape index (κ3) is 11.7. The summed E-state index contributed by atoms with van der Waals surface area (Å²) in [5.41, 5.74) is 0. The first kappa shape index (κ1) is 26.9. The summed E-state index contributed by atoms with van der Waals surface area (Å²) >= 11 is 0. The van der Waals surface area contributed by atoms with Gasteiger partial charge in [-0.3, -0.25) is 9.59 Å². The predicted molar refractivity (Wildman–Crippen MR) is 116 cm³/mol. The van der Waals surface area contributed by atoms with E-state index in [0.717, 1.165) is 25.7 Å². The smallest absolute Gasteiger partial charge is 0.308 e. The number of hydrogen-bond donors (Lipinski definition) is 0. The predicted octanol–water partition coefficient (Wildman–Crippen LogP) is 6.56. The van der Waals surface area contributed by atoms with E-state index in [2.05, 4.69) is 27.7 Å². The zero-order valence-electron chi connectivity index (χ0n) is 19.4. The van der Waals surface area contributed by atoms with E-state index in [-0.39, 0.29) is 23.8 Å². The molecule has 0 N–H and O–H groups in total. The van der Waals surface area contributed by atoms with Crippen molar-refractivity contribution in [3.05, 3.63) is 0 Å². The van der Waals surface area contributed by atoms with Gasteiger partial charge in [0.05, 0.1) is 25.0 Å². The van der Waals surface area contributed by atoms with Crippen LogP contribution in [0.25, 0.3) is 0 Å². The maximum atomic E-state index is 12.5. The Bertz CT molecular complexity index is 407. The first-order valence-corrected chi connectivity index (χ1v) is 11.8. The van der Waals surface area contributed by atoms with Crippen LogP contribution in [0.1, 0.15) is 106 Å². The Morgan fingerprint density at radius 2 is 1.18 bits per heavy atom. The third-order valence-corrected chi connectivity index (χ3v) is 5.88. The molecule has 0 aliphatic carbocycles. The van der Waals surface area contributed by atoms with Crippen molar-refractivity contribution < 1.29 is 19.1 Å². The Labute approximate surface area is 174 Å². The van der Waals surface area contributed by atoms with Gasteiger partial charge in [-0.05, 0) is 37.5 Å². The van der Waals surface area contributed by atoms with Crippen LogP contribution in [0, 0.1) is 23.7 Å².